The van der Waals surface area contributed by atoms with Crippen LogP contribution in [0.1, 0.15) is 53.5 Å². The highest BCUT2D eigenvalue weighted by Crippen LogP contribution is 2.35. The summed E-state index contributed by atoms with van der Waals surface area (Å²) in [6, 6.07) is 4.90. The molecule has 5 nitrogen and oxygen atoms in total. The molecule has 0 aliphatic heterocycles. The van der Waals surface area contributed by atoms with E-state index in [9.17, 15) is 9.90 Å². The summed E-state index contributed by atoms with van der Waals surface area (Å²) in [5.74, 6) is 0.798. The third-order valence-corrected chi connectivity index (χ3v) is 4.08. The lowest BCUT2D eigenvalue weighted by molar-refractivity contribution is 0.277. The summed E-state index contributed by atoms with van der Waals surface area (Å²) in [6.07, 6.45) is 3.81. The molecule has 0 atom stereocenters. The van der Waals surface area contributed by atoms with E-state index in [0.29, 0.717) is 24.5 Å². The average Bonchev–Trinajstić information content (AvgIpc) is 2.56. The first-order valence-electron chi connectivity index (χ1n) is 9.17. The zero-order valence-electron chi connectivity index (χ0n) is 16.3. The van der Waals surface area contributed by atoms with Crippen LogP contribution in [-0.4, -0.2) is 22.9 Å². The van der Waals surface area contributed by atoms with Gasteiger partial charge in [0.2, 0.25) is 5.75 Å². The number of rotatable bonds is 8. The van der Waals surface area contributed by atoms with Crippen LogP contribution in [0.25, 0.3) is 10.9 Å². The molecule has 0 radical (unpaired) electrons. The van der Waals surface area contributed by atoms with Crippen molar-refractivity contribution >= 4 is 10.9 Å². The molecular weight excluding hydrogens is 330 g/mol. The third-order valence-electron chi connectivity index (χ3n) is 4.08. The van der Waals surface area contributed by atoms with Crippen LogP contribution in [0.15, 0.2) is 34.6 Å². The molecule has 0 saturated heterocycles. The number of hydrogen-bond donors (Lipinski definition) is 1. The Kier molecular flexibility index (Phi) is 6.72. The number of ether oxygens (including phenoxy) is 2. The van der Waals surface area contributed by atoms with Crippen LogP contribution in [0.4, 0.5) is 0 Å². The van der Waals surface area contributed by atoms with E-state index in [1.165, 1.54) is 0 Å². The van der Waals surface area contributed by atoms with Crippen LogP contribution in [0.2, 0.25) is 0 Å². The smallest absolute Gasteiger partial charge is 0.297 e. The van der Waals surface area contributed by atoms with Gasteiger partial charge in [0.1, 0.15) is 12.4 Å². The summed E-state index contributed by atoms with van der Waals surface area (Å²) in [5, 5.41) is 10.7. The van der Waals surface area contributed by atoms with Gasteiger partial charge in [0.05, 0.1) is 12.1 Å². The molecule has 0 amide bonds. The molecule has 1 N–H and O–H groups in total. The Morgan fingerprint density at radius 3 is 2.58 bits per heavy atom. The van der Waals surface area contributed by atoms with E-state index in [0.717, 1.165) is 23.8 Å². The molecular formula is C21H29NO4. The number of aromatic nitrogens is 1. The van der Waals surface area contributed by atoms with Gasteiger partial charge in [-0.1, -0.05) is 18.9 Å². The van der Waals surface area contributed by atoms with Gasteiger partial charge >= 0.3 is 0 Å². The Bertz CT molecular complexity index is 845. The number of benzene rings is 1. The van der Waals surface area contributed by atoms with E-state index in [1.54, 1.807) is 22.8 Å². The molecule has 142 valence electrons. The summed E-state index contributed by atoms with van der Waals surface area (Å²) in [7, 11) is 0. The number of phenols is 1. The van der Waals surface area contributed by atoms with Crippen LogP contribution >= 0.6 is 0 Å². The number of phenolic OH excluding ortho intramolecular Hbond substituents is 1. The van der Waals surface area contributed by atoms with E-state index in [1.807, 2.05) is 33.8 Å². The van der Waals surface area contributed by atoms with Crippen LogP contribution < -0.4 is 15.0 Å². The van der Waals surface area contributed by atoms with E-state index in [-0.39, 0.29) is 23.1 Å². The molecule has 0 aliphatic rings. The van der Waals surface area contributed by atoms with Crippen LogP contribution in [0.5, 0.6) is 17.2 Å². The van der Waals surface area contributed by atoms with Crippen LogP contribution in [-0.2, 0) is 0 Å². The second-order valence-electron chi connectivity index (χ2n) is 6.92. The number of fused-ring (bicyclic) bond motifs is 1. The lowest BCUT2D eigenvalue weighted by Crippen LogP contribution is -2.25. The molecule has 1 heterocycles. The van der Waals surface area contributed by atoms with E-state index in [4.69, 9.17) is 9.47 Å². The molecule has 0 spiro atoms. The predicted molar refractivity (Wildman–Crippen MR) is 106 cm³/mol. The van der Waals surface area contributed by atoms with E-state index < -0.39 is 0 Å². The molecule has 1 aromatic heterocycles. The SMILES string of the molecule is CCCCOc1c(OCC=C(C)C)c(=O)n(C(C)C)c2cc(O)ccc12. The fourth-order valence-corrected chi connectivity index (χ4v) is 2.74. The van der Waals surface area contributed by atoms with Crippen molar-refractivity contribution in [3.8, 4) is 17.2 Å². The number of nitrogens with zero attached hydrogens (tertiary/aromatic N) is 1. The maximum absolute atomic E-state index is 13.1. The van der Waals surface area contributed by atoms with Gasteiger partial charge in [0.25, 0.3) is 5.56 Å². The van der Waals surface area contributed by atoms with Crippen molar-refractivity contribution in [3.05, 3.63) is 40.2 Å². The fourth-order valence-electron chi connectivity index (χ4n) is 2.74. The van der Waals surface area contributed by atoms with Crippen molar-refractivity contribution in [1.82, 2.24) is 4.57 Å². The van der Waals surface area contributed by atoms with E-state index in [2.05, 4.69) is 6.92 Å². The topological polar surface area (TPSA) is 60.7 Å². The van der Waals surface area contributed by atoms with E-state index >= 15 is 0 Å². The van der Waals surface area contributed by atoms with Gasteiger partial charge in [-0.15, -0.1) is 0 Å². The Hall–Kier alpha value is -2.43. The van der Waals surface area contributed by atoms with Crippen molar-refractivity contribution < 1.29 is 14.6 Å². The van der Waals surface area contributed by atoms with Gasteiger partial charge in [-0.05, 0) is 52.3 Å². The summed E-state index contributed by atoms with van der Waals surface area (Å²) >= 11 is 0. The summed E-state index contributed by atoms with van der Waals surface area (Å²) in [5.41, 5.74) is 1.52. The largest absolute Gasteiger partial charge is 0.508 e. The highest BCUT2D eigenvalue weighted by Gasteiger charge is 2.21. The maximum atomic E-state index is 13.1. The molecule has 1 aromatic carbocycles. The zero-order chi connectivity index (χ0) is 19.3. The summed E-state index contributed by atoms with van der Waals surface area (Å²) in [4.78, 5) is 13.1. The highest BCUT2D eigenvalue weighted by molar-refractivity contribution is 5.89. The number of aromatic hydroxyl groups is 1. The third kappa shape index (κ3) is 4.40. The summed E-state index contributed by atoms with van der Waals surface area (Å²) < 4.78 is 13.4. The number of hydrogen-bond acceptors (Lipinski definition) is 4. The van der Waals surface area contributed by atoms with Gasteiger partial charge in [-0.2, -0.15) is 0 Å². The second-order valence-corrected chi connectivity index (χ2v) is 6.92. The molecule has 0 aliphatic carbocycles. The normalized spacial score (nSPS) is 11.0. The summed E-state index contributed by atoms with van der Waals surface area (Å²) in [6.45, 7) is 10.7. The Morgan fingerprint density at radius 2 is 1.96 bits per heavy atom. The number of allylic oxidation sites excluding steroid dienone is 1. The van der Waals surface area contributed by atoms with Gasteiger partial charge in [-0.3, -0.25) is 4.79 Å². The monoisotopic (exact) mass is 359 g/mol. The Morgan fingerprint density at radius 1 is 1.23 bits per heavy atom. The van der Waals surface area contributed by atoms with Gasteiger partial charge in [0, 0.05) is 17.5 Å². The minimum atomic E-state index is -0.244. The van der Waals surface area contributed by atoms with Crippen molar-refractivity contribution in [3.63, 3.8) is 0 Å². The molecule has 0 bridgehead atoms. The van der Waals surface area contributed by atoms with Crippen molar-refractivity contribution in [2.24, 2.45) is 0 Å². The fraction of sp³-hybridized carbons (Fsp3) is 0.476. The standard InChI is InChI=1S/C21H29NO4/c1-6-7-11-25-19-17-9-8-16(23)13-18(17)22(15(4)5)21(24)20(19)26-12-10-14(2)3/h8-10,13,15,23H,6-7,11-12H2,1-5H3. The van der Waals surface area contributed by atoms with Crippen LogP contribution in [0, 0.1) is 0 Å². The quantitative estimate of drug-likeness (QED) is 0.543. The molecule has 26 heavy (non-hydrogen) atoms. The van der Waals surface area contributed by atoms with Crippen LogP contribution in [0.3, 0.4) is 0 Å². The first kappa shape index (κ1) is 19.9. The number of unbranched alkanes of at least 4 members (excludes halogenated alkanes) is 1. The Balaban J connectivity index is 2.69. The molecule has 2 aromatic rings. The van der Waals surface area contributed by atoms with Gasteiger partial charge in [0.15, 0.2) is 5.75 Å². The molecule has 0 unspecified atom stereocenters. The predicted octanol–water partition coefficient (Wildman–Crippen LogP) is 4.81. The Labute approximate surface area is 154 Å². The lowest BCUT2D eigenvalue weighted by atomic mass is 10.1. The minimum Gasteiger partial charge on any atom is -0.508 e. The molecule has 0 fully saturated rings. The molecule has 5 heteroatoms. The minimum absolute atomic E-state index is 0.0812. The van der Waals surface area contributed by atoms with Crippen molar-refractivity contribution in [1.29, 1.82) is 0 Å². The first-order valence-corrected chi connectivity index (χ1v) is 9.17. The zero-order valence-corrected chi connectivity index (χ0v) is 16.3. The van der Waals surface area contributed by atoms with Crippen molar-refractivity contribution in [2.75, 3.05) is 13.2 Å². The number of pyridine rings is 1. The molecule has 0 saturated carbocycles. The average molecular weight is 359 g/mol. The maximum Gasteiger partial charge on any atom is 0.297 e. The van der Waals surface area contributed by atoms with Gasteiger partial charge in [-0.25, -0.2) is 0 Å². The van der Waals surface area contributed by atoms with Gasteiger partial charge < -0.3 is 19.1 Å². The highest BCUT2D eigenvalue weighted by atomic mass is 16.5. The lowest BCUT2D eigenvalue weighted by Gasteiger charge is -2.20. The van der Waals surface area contributed by atoms with Crippen molar-refractivity contribution in [2.45, 2.75) is 53.5 Å². The second kappa shape index (κ2) is 8.79. The molecule has 2 rings (SSSR count). The first-order chi connectivity index (χ1) is 12.4.